The van der Waals surface area contributed by atoms with Crippen molar-refractivity contribution in [3.8, 4) is 0 Å². The van der Waals surface area contributed by atoms with Crippen molar-refractivity contribution >= 4 is 16.7 Å². The standard InChI is InChI=1S/C23H25N3/c1-25-15-13-19-16-18(9-10-20(19)25)22-12-11-21(17-6-3-2-4-7-17)26(22)23-8-5-14-24-23/h2-4,6-7,9-10,13,15-16,21-22H,5,8,11-12,14H2,1H3/t21-,22-/m1/s1. The van der Waals surface area contributed by atoms with Gasteiger partial charge < -0.3 is 9.47 Å². The first kappa shape index (κ1) is 15.7. The third-order valence-corrected chi connectivity index (χ3v) is 6.01. The molecule has 26 heavy (non-hydrogen) atoms. The zero-order valence-electron chi connectivity index (χ0n) is 15.3. The van der Waals surface area contributed by atoms with E-state index in [-0.39, 0.29) is 0 Å². The van der Waals surface area contributed by atoms with Crippen molar-refractivity contribution in [3.05, 3.63) is 71.9 Å². The Labute approximate surface area is 155 Å². The van der Waals surface area contributed by atoms with E-state index in [2.05, 4.69) is 77.3 Å². The topological polar surface area (TPSA) is 20.5 Å². The van der Waals surface area contributed by atoms with Crippen molar-refractivity contribution in [1.82, 2.24) is 9.47 Å². The van der Waals surface area contributed by atoms with E-state index in [0.29, 0.717) is 12.1 Å². The van der Waals surface area contributed by atoms with E-state index in [4.69, 9.17) is 4.99 Å². The van der Waals surface area contributed by atoms with Crippen LogP contribution in [0.15, 0.2) is 65.8 Å². The fourth-order valence-corrected chi connectivity index (χ4v) is 4.74. The van der Waals surface area contributed by atoms with Gasteiger partial charge in [-0.05, 0) is 54.0 Å². The van der Waals surface area contributed by atoms with Crippen molar-refractivity contribution in [2.45, 2.75) is 37.8 Å². The zero-order valence-corrected chi connectivity index (χ0v) is 15.3. The number of aliphatic imine (C=N–C) groups is 1. The number of benzene rings is 2. The number of aromatic nitrogens is 1. The van der Waals surface area contributed by atoms with Crippen LogP contribution in [0, 0.1) is 0 Å². The van der Waals surface area contributed by atoms with Gasteiger partial charge in [0.1, 0.15) is 0 Å². The summed E-state index contributed by atoms with van der Waals surface area (Å²) in [5.74, 6) is 1.31. The summed E-state index contributed by atoms with van der Waals surface area (Å²) in [5, 5.41) is 1.33. The van der Waals surface area contributed by atoms with Crippen LogP contribution in [-0.2, 0) is 7.05 Å². The molecule has 0 spiro atoms. The Bertz CT molecular complexity index is 954. The summed E-state index contributed by atoms with van der Waals surface area (Å²) in [4.78, 5) is 7.51. The van der Waals surface area contributed by atoms with Gasteiger partial charge in [-0.1, -0.05) is 36.4 Å². The molecule has 3 heteroatoms. The van der Waals surface area contributed by atoms with Gasteiger partial charge in [0.2, 0.25) is 0 Å². The fraction of sp³-hybridized carbons (Fsp3) is 0.348. The van der Waals surface area contributed by atoms with Crippen molar-refractivity contribution < 1.29 is 0 Å². The molecule has 2 atom stereocenters. The molecule has 0 saturated carbocycles. The van der Waals surface area contributed by atoms with Crippen LogP contribution in [0.25, 0.3) is 10.9 Å². The van der Waals surface area contributed by atoms with Crippen LogP contribution in [0.2, 0.25) is 0 Å². The Morgan fingerprint density at radius 1 is 0.923 bits per heavy atom. The van der Waals surface area contributed by atoms with Crippen LogP contribution in [0.4, 0.5) is 0 Å². The number of rotatable bonds is 2. The molecule has 132 valence electrons. The molecular weight excluding hydrogens is 318 g/mol. The summed E-state index contributed by atoms with van der Waals surface area (Å²) < 4.78 is 2.19. The van der Waals surface area contributed by atoms with E-state index in [9.17, 15) is 0 Å². The molecule has 1 fully saturated rings. The van der Waals surface area contributed by atoms with Crippen LogP contribution in [0.3, 0.4) is 0 Å². The molecule has 0 amide bonds. The molecule has 3 nitrogen and oxygen atoms in total. The molecule has 2 aliphatic heterocycles. The molecule has 2 aliphatic rings. The minimum atomic E-state index is 0.432. The largest absolute Gasteiger partial charge is 0.351 e. The lowest BCUT2D eigenvalue weighted by molar-refractivity contribution is 0.318. The summed E-state index contributed by atoms with van der Waals surface area (Å²) in [7, 11) is 2.11. The second-order valence-corrected chi connectivity index (χ2v) is 7.57. The predicted octanol–water partition coefficient (Wildman–Crippen LogP) is 5.25. The molecular formula is C23H25N3. The van der Waals surface area contributed by atoms with Crippen molar-refractivity contribution in [3.63, 3.8) is 0 Å². The molecule has 1 saturated heterocycles. The zero-order chi connectivity index (χ0) is 17.5. The molecule has 3 heterocycles. The van der Waals surface area contributed by atoms with E-state index in [1.807, 2.05) is 0 Å². The smallest absolute Gasteiger partial charge is 0.0999 e. The number of aryl methyl sites for hydroxylation is 1. The van der Waals surface area contributed by atoms with Crippen molar-refractivity contribution in [1.29, 1.82) is 0 Å². The lowest BCUT2D eigenvalue weighted by Crippen LogP contribution is -2.31. The molecule has 1 aromatic heterocycles. The Kier molecular flexibility index (Phi) is 3.81. The lowest BCUT2D eigenvalue weighted by atomic mass is 10.0. The van der Waals surface area contributed by atoms with Gasteiger partial charge in [0, 0.05) is 31.7 Å². The summed E-state index contributed by atoms with van der Waals surface area (Å²) >= 11 is 0. The SMILES string of the molecule is Cn1ccc2cc([C@H]3CC[C@H](c4ccccc4)N3C3=NCCC3)ccc21. The predicted molar refractivity (Wildman–Crippen MR) is 107 cm³/mol. The molecule has 3 aromatic rings. The molecule has 0 aliphatic carbocycles. The number of likely N-dealkylation sites (tertiary alicyclic amines) is 1. The normalized spacial score (nSPS) is 23.0. The third-order valence-electron chi connectivity index (χ3n) is 6.01. The van der Waals surface area contributed by atoms with Gasteiger partial charge in [-0.2, -0.15) is 0 Å². The highest BCUT2D eigenvalue weighted by atomic mass is 15.3. The maximum atomic E-state index is 4.87. The molecule has 0 N–H and O–H groups in total. The van der Waals surface area contributed by atoms with E-state index < -0.39 is 0 Å². The summed E-state index contributed by atoms with van der Waals surface area (Å²) in [6.45, 7) is 0.984. The number of fused-ring (bicyclic) bond motifs is 1. The van der Waals surface area contributed by atoms with E-state index in [0.717, 1.165) is 13.0 Å². The highest BCUT2D eigenvalue weighted by Crippen LogP contribution is 2.45. The molecule has 5 rings (SSSR count). The molecule has 0 bridgehead atoms. The van der Waals surface area contributed by atoms with Gasteiger partial charge in [-0.15, -0.1) is 0 Å². The summed E-state index contributed by atoms with van der Waals surface area (Å²) in [5.41, 5.74) is 4.15. The average Bonchev–Trinajstić information content (AvgIpc) is 3.41. The van der Waals surface area contributed by atoms with Gasteiger partial charge in [0.25, 0.3) is 0 Å². The van der Waals surface area contributed by atoms with Gasteiger partial charge >= 0.3 is 0 Å². The number of nitrogens with zero attached hydrogens (tertiary/aromatic N) is 3. The van der Waals surface area contributed by atoms with Gasteiger partial charge in [-0.3, -0.25) is 4.99 Å². The van der Waals surface area contributed by atoms with Gasteiger partial charge in [0.15, 0.2) is 0 Å². The van der Waals surface area contributed by atoms with Crippen LogP contribution >= 0.6 is 0 Å². The third kappa shape index (κ3) is 2.54. The van der Waals surface area contributed by atoms with Crippen LogP contribution < -0.4 is 0 Å². The first-order valence-electron chi connectivity index (χ1n) is 9.73. The Morgan fingerprint density at radius 3 is 2.50 bits per heavy atom. The van der Waals surface area contributed by atoms with Crippen LogP contribution in [0.1, 0.15) is 48.9 Å². The molecule has 0 radical (unpaired) electrons. The summed E-state index contributed by atoms with van der Waals surface area (Å²) in [6.07, 6.45) is 6.84. The van der Waals surface area contributed by atoms with E-state index in [1.165, 1.54) is 47.1 Å². The first-order valence-corrected chi connectivity index (χ1v) is 9.73. The monoisotopic (exact) mass is 343 g/mol. The molecule has 0 unspecified atom stereocenters. The van der Waals surface area contributed by atoms with Gasteiger partial charge in [0.05, 0.1) is 17.9 Å². The van der Waals surface area contributed by atoms with Gasteiger partial charge in [-0.25, -0.2) is 0 Å². The maximum absolute atomic E-state index is 4.87. The second-order valence-electron chi connectivity index (χ2n) is 7.57. The lowest BCUT2D eigenvalue weighted by Gasteiger charge is -2.33. The quantitative estimate of drug-likeness (QED) is 0.622. The number of hydrogen-bond donors (Lipinski definition) is 0. The Morgan fingerprint density at radius 2 is 1.73 bits per heavy atom. The van der Waals surface area contributed by atoms with Crippen molar-refractivity contribution in [2.75, 3.05) is 6.54 Å². The fourth-order valence-electron chi connectivity index (χ4n) is 4.74. The number of hydrogen-bond acceptors (Lipinski definition) is 2. The first-order chi connectivity index (χ1) is 12.8. The minimum absolute atomic E-state index is 0.432. The summed E-state index contributed by atoms with van der Waals surface area (Å²) in [6, 6.07) is 21.1. The highest BCUT2D eigenvalue weighted by molar-refractivity contribution is 5.85. The average molecular weight is 343 g/mol. The van der Waals surface area contributed by atoms with E-state index in [1.54, 1.807) is 0 Å². The second kappa shape index (κ2) is 6.31. The maximum Gasteiger partial charge on any atom is 0.0999 e. The van der Waals surface area contributed by atoms with Crippen LogP contribution in [-0.4, -0.2) is 21.8 Å². The Hall–Kier alpha value is -2.55. The van der Waals surface area contributed by atoms with E-state index >= 15 is 0 Å². The highest BCUT2D eigenvalue weighted by Gasteiger charge is 2.37. The van der Waals surface area contributed by atoms with Crippen molar-refractivity contribution in [2.24, 2.45) is 12.0 Å². The molecule has 2 aromatic carbocycles. The number of amidine groups is 1. The Balaban J connectivity index is 1.56. The minimum Gasteiger partial charge on any atom is -0.351 e. The van der Waals surface area contributed by atoms with Crippen LogP contribution in [0.5, 0.6) is 0 Å².